The van der Waals surface area contributed by atoms with Gasteiger partial charge in [-0.25, -0.2) is 0 Å². The van der Waals surface area contributed by atoms with Gasteiger partial charge in [-0.15, -0.1) is 0 Å². The molecule has 0 aliphatic carbocycles. The van der Waals surface area contributed by atoms with Crippen LogP contribution in [0.5, 0.6) is 0 Å². The molecule has 0 radical (unpaired) electrons. The predicted octanol–water partition coefficient (Wildman–Crippen LogP) is 0.496. The van der Waals surface area contributed by atoms with Gasteiger partial charge < -0.3 is 10.4 Å². The van der Waals surface area contributed by atoms with E-state index in [4.69, 9.17) is 0 Å². The molecule has 1 aliphatic rings. The van der Waals surface area contributed by atoms with E-state index in [1.165, 1.54) is 0 Å². The van der Waals surface area contributed by atoms with Gasteiger partial charge in [-0.05, 0) is 5.56 Å². The summed E-state index contributed by atoms with van der Waals surface area (Å²) in [6, 6.07) is 9.68. The summed E-state index contributed by atoms with van der Waals surface area (Å²) < 4.78 is 0. The van der Waals surface area contributed by atoms with Crippen LogP contribution in [0.1, 0.15) is 12.0 Å². The van der Waals surface area contributed by atoms with Gasteiger partial charge in [-0.2, -0.15) is 0 Å². The quantitative estimate of drug-likeness (QED) is 0.708. The summed E-state index contributed by atoms with van der Waals surface area (Å²) in [5.74, 6) is -0.0669. The third-order valence-corrected chi connectivity index (χ3v) is 2.69. The maximum Gasteiger partial charge on any atom is 0.224 e. The van der Waals surface area contributed by atoms with Gasteiger partial charge in [-0.1, -0.05) is 42.5 Å². The van der Waals surface area contributed by atoms with Gasteiger partial charge in [0.25, 0.3) is 0 Å². The molecule has 2 unspecified atom stereocenters. The molecular weight excluding hydrogens is 216 g/mol. The number of hydrogen-bond donors (Lipinski definition) is 3. The van der Waals surface area contributed by atoms with Crippen LogP contribution in [0.4, 0.5) is 0 Å². The molecule has 1 aliphatic heterocycles. The largest absolute Gasteiger partial charge is 0.376 e. The van der Waals surface area contributed by atoms with Gasteiger partial charge in [0.05, 0.1) is 6.04 Å². The maximum absolute atomic E-state index is 11.5. The molecular formula is C13H16N2O2. The van der Waals surface area contributed by atoms with Gasteiger partial charge in [0.1, 0.15) is 6.23 Å². The lowest BCUT2D eigenvalue weighted by Gasteiger charge is -2.34. The number of aliphatic hydroxyl groups excluding tert-OH is 1. The zero-order chi connectivity index (χ0) is 12.1. The molecule has 1 aromatic rings. The van der Waals surface area contributed by atoms with Gasteiger partial charge in [-0.3, -0.25) is 10.1 Å². The van der Waals surface area contributed by atoms with E-state index in [9.17, 15) is 9.90 Å². The van der Waals surface area contributed by atoms with Crippen molar-refractivity contribution in [1.82, 2.24) is 10.6 Å². The number of amides is 1. The second-order valence-electron chi connectivity index (χ2n) is 4.04. The van der Waals surface area contributed by atoms with Crippen LogP contribution in [-0.4, -0.2) is 29.8 Å². The van der Waals surface area contributed by atoms with Crippen molar-refractivity contribution in [3.05, 3.63) is 42.0 Å². The van der Waals surface area contributed by atoms with E-state index in [0.717, 1.165) is 5.56 Å². The first kappa shape index (κ1) is 11.8. The minimum atomic E-state index is -0.600. The van der Waals surface area contributed by atoms with Crippen molar-refractivity contribution >= 4 is 12.0 Å². The summed E-state index contributed by atoms with van der Waals surface area (Å²) in [7, 11) is 0. The molecule has 0 spiro atoms. The first-order valence-electron chi connectivity index (χ1n) is 5.68. The highest BCUT2D eigenvalue weighted by Crippen LogP contribution is 2.03. The highest BCUT2D eigenvalue weighted by atomic mass is 16.3. The Morgan fingerprint density at radius 1 is 1.47 bits per heavy atom. The van der Waals surface area contributed by atoms with Crippen LogP contribution in [-0.2, 0) is 4.79 Å². The van der Waals surface area contributed by atoms with Crippen molar-refractivity contribution in [3.63, 3.8) is 0 Å². The molecule has 4 heteroatoms. The Morgan fingerprint density at radius 3 is 2.82 bits per heavy atom. The average Bonchev–Trinajstić information content (AvgIpc) is 2.35. The number of nitrogens with one attached hydrogen (secondary N) is 2. The molecule has 0 aromatic heterocycles. The van der Waals surface area contributed by atoms with Crippen LogP contribution < -0.4 is 10.6 Å². The molecule has 1 fully saturated rings. The van der Waals surface area contributed by atoms with E-state index in [0.29, 0.717) is 13.0 Å². The lowest BCUT2D eigenvalue weighted by atomic mass is 10.1. The number of rotatable bonds is 4. The molecule has 2 atom stereocenters. The van der Waals surface area contributed by atoms with E-state index < -0.39 is 6.23 Å². The van der Waals surface area contributed by atoms with Crippen LogP contribution in [0.3, 0.4) is 0 Å². The first-order valence-corrected chi connectivity index (χ1v) is 5.68. The highest BCUT2D eigenvalue weighted by Gasteiger charge is 2.28. The number of carbonyl (C=O) groups excluding carboxylic acids is 1. The van der Waals surface area contributed by atoms with Crippen molar-refractivity contribution in [2.75, 3.05) is 6.54 Å². The molecule has 2 rings (SSSR count). The van der Waals surface area contributed by atoms with Crippen LogP contribution in [0.25, 0.3) is 6.08 Å². The van der Waals surface area contributed by atoms with Gasteiger partial charge in [0, 0.05) is 13.0 Å². The third-order valence-electron chi connectivity index (χ3n) is 2.69. The predicted molar refractivity (Wildman–Crippen MR) is 66.0 cm³/mol. The van der Waals surface area contributed by atoms with Crippen molar-refractivity contribution < 1.29 is 9.90 Å². The van der Waals surface area contributed by atoms with Crippen molar-refractivity contribution in [3.8, 4) is 0 Å². The molecule has 17 heavy (non-hydrogen) atoms. The van der Waals surface area contributed by atoms with E-state index >= 15 is 0 Å². The molecule has 0 bridgehead atoms. The Morgan fingerprint density at radius 2 is 2.24 bits per heavy atom. The van der Waals surface area contributed by atoms with Crippen molar-refractivity contribution in [2.45, 2.75) is 18.7 Å². The monoisotopic (exact) mass is 232 g/mol. The summed E-state index contributed by atoms with van der Waals surface area (Å²) >= 11 is 0. The lowest BCUT2D eigenvalue weighted by Crippen LogP contribution is -2.64. The standard InChI is InChI=1S/C13H16N2O2/c16-12(15-11-9-14-13(11)17)8-4-7-10-5-2-1-3-6-10/h1-7,11,13-14,17H,8-9H2,(H,15,16). The second-order valence-corrected chi connectivity index (χ2v) is 4.04. The Kier molecular flexibility index (Phi) is 3.90. The second kappa shape index (κ2) is 5.61. The smallest absolute Gasteiger partial charge is 0.224 e. The Hall–Kier alpha value is -1.65. The fraction of sp³-hybridized carbons (Fsp3) is 0.308. The molecule has 90 valence electrons. The molecule has 1 amide bonds. The van der Waals surface area contributed by atoms with Crippen LogP contribution in [0.15, 0.2) is 36.4 Å². The highest BCUT2D eigenvalue weighted by molar-refractivity contribution is 5.79. The molecule has 0 saturated carbocycles. The van der Waals surface area contributed by atoms with E-state index in [1.807, 2.05) is 42.5 Å². The molecule has 4 nitrogen and oxygen atoms in total. The zero-order valence-electron chi connectivity index (χ0n) is 9.47. The number of carbonyl (C=O) groups is 1. The van der Waals surface area contributed by atoms with Crippen LogP contribution >= 0.6 is 0 Å². The summed E-state index contributed by atoms with van der Waals surface area (Å²) in [6.45, 7) is 0.634. The average molecular weight is 232 g/mol. The van der Waals surface area contributed by atoms with E-state index in [-0.39, 0.29) is 11.9 Å². The zero-order valence-corrected chi connectivity index (χ0v) is 9.47. The van der Waals surface area contributed by atoms with Crippen LogP contribution in [0, 0.1) is 0 Å². The Labute approximate surface area is 100 Å². The number of benzene rings is 1. The minimum absolute atomic E-state index is 0.0669. The molecule has 1 aromatic carbocycles. The summed E-state index contributed by atoms with van der Waals surface area (Å²) in [5.41, 5.74) is 1.07. The summed E-state index contributed by atoms with van der Waals surface area (Å²) in [4.78, 5) is 11.5. The van der Waals surface area contributed by atoms with Crippen LogP contribution in [0.2, 0.25) is 0 Å². The maximum atomic E-state index is 11.5. The third kappa shape index (κ3) is 3.41. The fourth-order valence-corrected chi connectivity index (χ4v) is 1.60. The summed E-state index contributed by atoms with van der Waals surface area (Å²) in [5, 5.41) is 14.7. The van der Waals surface area contributed by atoms with E-state index in [1.54, 1.807) is 0 Å². The van der Waals surface area contributed by atoms with Gasteiger partial charge in [0.2, 0.25) is 5.91 Å². The Bertz CT molecular complexity index is 403. The minimum Gasteiger partial charge on any atom is -0.376 e. The normalized spacial score (nSPS) is 23.4. The fourth-order valence-electron chi connectivity index (χ4n) is 1.60. The SMILES string of the molecule is O=C(CC=Cc1ccccc1)NC1CNC1O. The van der Waals surface area contributed by atoms with Crippen molar-refractivity contribution in [1.29, 1.82) is 0 Å². The Balaban J connectivity index is 1.74. The van der Waals surface area contributed by atoms with E-state index in [2.05, 4.69) is 10.6 Å². The molecule has 3 N–H and O–H groups in total. The molecule has 1 heterocycles. The lowest BCUT2D eigenvalue weighted by molar-refractivity contribution is -0.123. The number of aliphatic hydroxyl groups is 1. The van der Waals surface area contributed by atoms with Crippen molar-refractivity contribution in [2.24, 2.45) is 0 Å². The topological polar surface area (TPSA) is 61.4 Å². The molecule has 1 saturated heterocycles. The number of hydrogen-bond acceptors (Lipinski definition) is 3. The van der Waals surface area contributed by atoms with Gasteiger partial charge in [0.15, 0.2) is 0 Å². The first-order chi connectivity index (χ1) is 8.25. The van der Waals surface area contributed by atoms with Gasteiger partial charge >= 0.3 is 0 Å². The summed E-state index contributed by atoms with van der Waals surface area (Å²) in [6.07, 6.45) is 3.47.